The second kappa shape index (κ2) is 8.46. The SMILES string of the molecule is CN(CCNC(=O)N(CC(N)=O)CC(=O)O)C1CCCC1. The maximum absolute atomic E-state index is 11.8. The number of carboxylic acid groups (broad SMARTS) is 1. The van der Waals surface area contributed by atoms with Crippen molar-refractivity contribution < 1.29 is 19.5 Å². The van der Waals surface area contributed by atoms with Gasteiger partial charge in [-0.25, -0.2) is 4.79 Å². The van der Waals surface area contributed by atoms with E-state index in [1.807, 2.05) is 7.05 Å². The van der Waals surface area contributed by atoms with Gasteiger partial charge in [-0.05, 0) is 19.9 Å². The molecule has 1 aliphatic rings. The fourth-order valence-corrected chi connectivity index (χ4v) is 2.53. The van der Waals surface area contributed by atoms with Crippen LogP contribution in [0.1, 0.15) is 25.7 Å². The Labute approximate surface area is 124 Å². The second-order valence-electron chi connectivity index (χ2n) is 5.37. The van der Waals surface area contributed by atoms with Gasteiger partial charge in [-0.15, -0.1) is 0 Å². The zero-order chi connectivity index (χ0) is 15.8. The number of likely N-dealkylation sites (N-methyl/N-ethyl adjacent to an activating group) is 1. The van der Waals surface area contributed by atoms with Gasteiger partial charge in [0.1, 0.15) is 13.1 Å². The van der Waals surface area contributed by atoms with Gasteiger partial charge in [0.05, 0.1) is 0 Å². The molecule has 3 amide bonds. The Morgan fingerprint density at radius 3 is 2.38 bits per heavy atom. The first-order valence-electron chi connectivity index (χ1n) is 7.13. The van der Waals surface area contributed by atoms with Crippen LogP contribution in [-0.4, -0.2) is 72.1 Å². The summed E-state index contributed by atoms with van der Waals surface area (Å²) in [6, 6.07) is -0.0290. The number of nitrogens with one attached hydrogen (secondary N) is 1. The number of carboxylic acids is 1. The second-order valence-corrected chi connectivity index (χ2v) is 5.37. The number of carbonyl (C=O) groups is 3. The molecule has 1 fully saturated rings. The lowest BCUT2D eigenvalue weighted by molar-refractivity contribution is -0.137. The van der Waals surface area contributed by atoms with E-state index >= 15 is 0 Å². The van der Waals surface area contributed by atoms with Gasteiger partial charge in [0.25, 0.3) is 0 Å². The van der Waals surface area contributed by atoms with Crippen molar-refractivity contribution in [3.8, 4) is 0 Å². The normalized spacial score (nSPS) is 15.1. The van der Waals surface area contributed by atoms with Crippen molar-refractivity contribution in [2.75, 3.05) is 33.2 Å². The lowest BCUT2D eigenvalue weighted by atomic mass is 10.2. The van der Waals surface area contributed by atoms with E-state index in [0.29, 0.717) is 19.1 Å². The van der Waals surface area contributed by atoms with Crippen LogP contribution in [0.15, 0.2) is 0 Å². The van der Waals surface area contributed by atoms with Crippen molar-refractivity contribution >= 4 is 17.9 Å². The molecule has 0 unspecified atom stereocenters. The average Bonchev–Trinajstić information content (AvgIpc) is 2.90. The van der Waals surface area contributed by atoms with Gasteiger partial charge >= 0.3 is 12.0 Å². The van der Waals surface area contributed by atoms with Gasteiger partial charge in [-0.1, -0.05) is 12.8 Å². The van der Waals surface area contributed by atoms with E-state index in [2.05, 4.69) is 10.2 Å². The van der Waals surface area contributed by atoms with Crippen LogP contribution in [0.4, 0.5) is 4.79 Å². The largest absolute Gasteiger partial charge is 0.480 e. The number of hydrogen-bond donors (Lipinski definition) is 3. The molecule has 0 aromatic heterocycles. The standard InChI is InChI=1S/C13H24N4O4/c1-16(10-4-2-3-5-10)7-6-15-13(21)17(8-11(14)18)9-12(19)20/h10H,2-9H2,1H3,(H2,14,18)(H,15,21)(H,19,20). The van der Waals surface area contributed by atoms with E-state index in [0.717, 1.165) is 4.90 Å². The molecule has 1 saturated carbocycles. The number of nitrogens with zero attached hydrogens (tertiary/aromatic N) is 2. The lowest BCUT2D eigenvalue weighted by Gasteiger charge is -2.25. The van der Waals surface area contributed by atoms with Crippen molar-refractivity contribution in [2.45, 2.75) is 31.7 Å². The summed E-state index contributed by atoms with van der Waals surface area (Å²) in [7, 11) is 2.01. The van der Waals surface area contributed by atoms with Crippen molar-refractivity contribution in [3.63, 3.8) is 0 Å². The van der Waals surface area contributed by atoms with Crippen LogP contribution in [0.5, 0.6) is 0 Å². The molecule has 1 aliphatic carbocycles. The third-order valence-electron chi connectivity index (χ3n) is 3.65. The topological polar surface area (TPSA) is 116 Å². The van der Waals surface area contributed by atoms with Crippen LogP contribution in [0, 0.1) is 0 Å². The molecule has 0 aliphatic heterocycles. The minimum Gasteiger partial charge on any atom is -0.480 e. The summed E-state index contributed by atoms with van der Waals surface area (Å²) < 4.78 is 0. The summed E-state index contributed by atoms with van der Waals surface area (Å²) in [5.41, 5.74) is 5.00. The Kier molecular flexibility index (Phi) is 6.93. The van der Waals surface area contributed by atoms with E-state index in [4.69, 9.17) is 10.8 Å². The number of amides is 3. The first-order valence-corrected chi connectivity index (χ1v) is 7.13. The Balaban J connectivity index is 2.34. The Hall–Kier alpha value is -1.83. The van der Waals surface area contributed by atoms with Crippen LogP contribution in [-0.2, 0) is 9.59 Å². The van der Waals surface area contributed by atoms with E-state index in [1.54, 1.807) is 0 Å². The quantitative estimate of drug-likeness (QED) is 0.556. The van der Waals surface area contributed by atoms with Crippen molar-refractivity contribution in [3.05, 3.63) is 0 Å². The van der Waals surface area contributed by atoms with Crippen LogP contribution in [0.3, 0.4) is 0 Å². The molecule has 4 N–H and O–H groups in total. The fraction of sp³-hybridized carbons (Fsp3) is 0.769. The van der Waals surface area contributed by atoms with Gasteiger partial charge in [0.2, 0.25) is 5.91 Å². The Bertz CT molecular complexity index is 366. The van der Waals surface area contributed by atoms with Gasteiger partial charge in [0.15, 0.2) is 0 Å². The molecule has 0 aromatic rings. The zero-order valence-corrected chi connectivity index (χ0v) is 12.4. The number of primary amides is 1. The highest BCUT2D eigenvalue weighted by molar-refractivity contribution is 5.85. The molecule has 0 radical (unpaired) electrons. The van der Waals surface area contributed by atoms with Gasteiger partial charge in [-0.2, -0.15) is 0 Å². The fourth-order valence-electron chi connectivity index (χ4n) is 2.53. The van der Waals surface area contributed by atoms with Gasteiger partial charge in [0, 0.05) is 19.1 Å². The maximum Gasteiger partial charge on any atom is 0.323 e. The molecule has 21 heavy (non-hydrogen) atoms. The molecular weight excluding hydrogens is 276 g/mol. The van der Waals surface area contributed by atoms with Crippen LogP contribution in [0.25, 0.3) is 0 Å². The van der Waals surface area contributed by atoms with E-state index in [9.17, 15) is 14.4 Å². The Morgan fingerprint density at radius 2 is 1.86 bits per heavy atom. The predicted molar refractivity (Wildman–Crippen MR) is 76.7 cm³/mol. The molecule has 8 nitrogen and oxygen atoms in total. The zero-order valence-electron chi connectivity index (χ0n) is 12.4. The molecule has 0 bridgehead atoms. The van der Waals surface area contributed by atoms with Crippen LogP contribution < -0.4 is 11.1 Å². The molecule has 0 aromatic carbocycles. The molecule has 0 atom stereocenters. The molecule has 0 heterocycles. The average molecular weight is 300 g/mol. The third-order valence-corrected chi connectivity index (χ3v) is 3.65. The highest BCUT2D eigenvalue weighted by Crippen LogP contribution is 2.21. The third kappa shape index (κ3) is 6.44. The minimum atomic E-state index is -1.19. The van der Waals surface area contributed by atoms with E-state index < -0.39 is 31.0 Å². The summed E-state index contributed by atoms with van der Waals surface area (Å²) in [4.78, 5) is 36.4. The summed E-state index contributed by atoms with van der Waals surface area (Å²) in [6.45, 7) is 0.137. The summed E-state index contributed by atoms with van der Waals surface area (Å²) in [6.07, 6.45) is 4.84. The van der Waals surface area contributed by atoms with Crippen LogP contribution >= 0.6 is 0 Å². The molecule has 8 heteroatoms. The monoisotopic (exact) mass is 300 g/mol. The summed E-state index contributed by atoms with van der Waals surface area (Å²) in [5.74, 6) is -1.93. The molecule has 0 saturated heterocycles. The maximum atomic E-state index is 11.8. The number of rotatable bonds is 8. The Morgan fingerprint density at radius 1 is 1.24 bits per heavy atom. The summed E-state index contributed by atoms with van der Waals surface area (Å²) in [5, 5.41) is 11.3. The number of carbonyl (C=O) groups excluding carboxylic acids is 2. The number of nitrogens with two attached hydrogens (primary N) is 1. The molecule has 1 rings (SSSR count). The first-order chi connectivity index (χ1) is 9.90. The molecule has 120 valence electrons. The predicted octanol–water partition coefficient (Wildman–Crippen LogP) is -0.558. The highest BCUT2D eigenvalue weighted by atomic mass is 16.4. The van der Waals surface area contributed by atoms with E-state index in [1.165, 1.54) is 25.7 Å². The number of aliphatic carboxylic acids is 1. The molecule has 0 spiro atoms. The van der Waals surface area contributed by atoms with Crippen molar-refractivity contribution in [2.24, 2.45) is 5.73 Å². The van der Waals surface area contributed by atoms with E-state index in [-0.39, 0.29) is 0 Å². The first kappa shape index (κ1) is 17.2. The summed E-state index contributed by atoms with van der Waals surface area (Å²) >= 11 is 0. The minimum absolute atomic E-state index is 0.403. The lowest BCUT2D eigenvalue weighted by Crippen LogP contribution is -2.48. The highest BCUT2D eigenvalue weighted by Gasteiger charge is 2.21. The number of urea groups is 1. The van der Waals surface area contributed by atoms with Crippen molar-refractivity contribution in [1.29, 1.82) is 0 Å². The van der Waals surface area contributed by atoms with Crippen LogP contribution in [0.2, 0.25) is 0 Å². The van der Waals surface area contributed by atoms with Gasteiger partial charge < -0.3 is 26.0 Å². The smallest absolute Gasteiger partial charge is 0.323 e. The van der Waals surface area contributed by atoms with Gasteiger partial charge in [-0.3, -0.25) is 9.59 Å². The number of hydrogen-bond acceptors (Lipinski definition) is 4. The molecular formula is C13H24N4O4. The van der Waals surface area contributed by atoms with Crippen molar-refractivity contribution in [1.82, 2.24) is 15.1 Å².